The number of halogens is 1. The third-order valence-corrected chi connectivity index (χ3v) is 13.8. The summed E-state index contributed by atoms with van der Waals surface area (Å²) in [4.78, 5) is 74.9. The maximum atomic E-state index is 16.7. The summed E-state index contributed by atoms with van der Waals surface area (Å²) >= 11 is 1.62. The van der Waals surface area contributed by atoms with Crippen molar-refractivity contribution in [3.8, 4) is 39.5 Å². The van der Waals surface area contributed by atoms with Gasteiger partial charge >= 0.3 is 6.09 Å². The first-order valence-corrected chi connectivity index (χ1v) is 22.2. The molecule has 4 aliphatic rings. The topological polar surface area (TPSA) is 192 Å². The van der Waals surface area contributed by atoms with E-state index in [1.807, 2.05) is 54.9 Å². The van der Waals surface area contributed by atoms with E-state index >= 15 is 4.39 Å². The first-order chi connectivity index (χ1) is 30.6. The number of rotatable bonds is 12. The Morgan fingerprint density at radius 1 is 0.937 bits per heavy atom. The summed E-state index contributed by atoms with van der Waals surface area (Å²) < 4.78 is 30.4. The van der Waals surface area contributed by atoms with Crippen LogP contribution in [0.5, 0.6) is 5.75 Å². The smallest absolute Gasteiger partial charge is 0.407 e. The molecular formula is C45H47FN10O6S. The first kappa shape index (κ1) is 40.5. The van der Waals surface area contributed by atoms with Crippen molar-refractivity contribution in [2.24, 2.45) is 5.92 Å². The summed E-state index contributed by atoms with van der Waals surface area (Å²) in [5.41, 5.74) is 4.64. The molecule has 2 aromatic carbocycles. The van der Waals surface area contributed by atoms with Gasteiger partial charge in [-0.05, 0) is 74.8 Å². The molecule has 2 saturated heterocycles. The Morgan fingerprint density at radius 2 is 1.65 bits per heavy atom. The van der Waals surface area contributed by atoms with Gasteiger partial charge < -0.3 is 39.9 Å². The van der Waals surface area contributed by atoms with Crippen molar-refractivity contribution in [1.82, 2.24) is 49.9 Å². The van der Waals surface area contributed by atoms with Gasteiger partial charge in [0.2, 0.25) is 24.5 Å². The number of nitrogens with one attached hydrogen (secondary N) is 4. The molecule has 0 unspecified atom stereocenters. The van der Waals surface area contributed by atoms with E-state index < -0.39 is 24.2 Å². The van der Waals surface area contributed by atoms with Crippen LogP contribution >= 0.6 is 11.3 Å². The molecule has 0 spiro atoms. The maximum Gasteiger partial charge on any atom is 0.407 e. The molecule has 3 fully saturated rings. The van der Waals surface area contributed by atoms with Crippen LogP contribution in [-0.4, -0.2) is 96.4 Å². The quantitative estimate of drug-likeness (QED) is 0.0942. The zero-order chi connectivity index (χ0) is 43.5. The highest BCUT2D eigenvalue weighted by molar-refractivity contribution is 7.11. The number of likely N-dealkylation sites (tertiary alicyclic amines) is 2. The number of aromatic amines is 2. The zero-order valence-corrected chi connectivity index (χ0v) is 35.8. The van der Waals surface area contributed by atoms with Crippen molar-refractivity contribution in [3.05, 3.63) is 82.3 Å². The van der Waals surface area contributed by atoms with Crippen LogP contribution < -0.4 is 15.4 Å². The fourth-order valence-electron chi connectivity index (χ4n) is 9.30. The van der Waals surface area contributed by atoms with Gasteiger partial charge in [-0.1, -0.05) is 19.9 Å². The summed E-state index contributed by atoms with van der Waals surface area (Å²) in [6.07, 6.45) is 9.80. The van der Waals surface area contributed by atoms with Crippen LogP contribution in [0.1, 0.15) is 98.1 Å². The number of fused-ring (bicyclic) bond motifs is 5. The molecule has 16 nitrogen and oxygen atoms in total. The summed E-state index contributed by atoms with van der Waals surface area (Å²) in [7, 11) is 1.28. The van der Waals surface area contributed by atoms with Crippen molar-refractivity contribution in [3.63, 3.8) is 0 Å². The minimum absolute atomic E-state index is 0.0896. The molecule has 4 aromatic heterocycles. The highest BCUT2D eigenvalue weighted by atomic mass is 32.1. The number of nitrogens with zero attached hydrogens (tertiary/aromatic N) is 6. The Bertz CT molecular complexity index is 2750. The molecule has 4 atom stereocenters. The average Bonchev–Trinajstić information content (AvgIpc) is 4.00. The Labute approximate surface area is 365 Å². The number of hydrogen-bond acceptors (Lipinski definition) is 10. The van der Waals surface area contributed by atoms with Gasteiger partial charge in [-0.15, -0.1) is 11.3 Å². The molecule has 326 valence electrons. The standard InChI is InChI=1S/C45H47FN10O6S/c1-23(2)39(53-45(60)61-3)43(59)55-13-5-7-33(55)41-48-18-29(51-41)25-10-11-31-27(14-25)16-34-38-28(46)15-26(17-35(38)62-44(56(31)34)36-20-50-42(63-36)24-8-9-24)30-19-49-40(52-30)32-6-4-12-54(32)37(58)21-47-22-57/h10-11,14-20,22-24,32-33,39,44H,4-9,12-13,21H2,1-3H3,(H,47,57)(H,48,51)(H,49,52)(H,53,60)/t32-,33-,39-,44-/m0/s1. The van der Waals surface area contributed by atoms with Crippen LogP contribution in [0.25, 0.3) is 44.7 Å². The van der Waals surface area contributed by atoms with Crippen LogP contribution in [-0.2, 0) is 19.1 Å². The van der Waals surface area contributed by atoms with E-state index in [0.29, 0.717) is 71.8 Å². The van der Waals surface area contributed by atoms with E-state index in [4.69, 9.17) is 19.4 Å². The van der Waals surface area contributed by atoms with E-state index in [1.165, 1.54) is 13.2 Å². The SMILES string of the molecule is COC(=O)N[C@H](C(=O)N1CCC[C@H]1c1ncc(-c2ccc3c(c2)cc2n3[C@H](c3cnc(C4CC4)s3)Oc3cc(-c4cnc([C@@H]5CCCN5C(=O)CNC=O)[nH]4)cc(F)c3-2)[nH]1)C(C)C. The summed E-state index contributed by atoms with van der Waals surface area (Å²) in [5, 5.41) is 7.10. The minimum atomic E-state index is -0.737. The maximum absolute atomic E-state index is 16.7. The van der Waals surface area contributed by atoms with Crippen molar-refractivity contribution in [2.45, 2.75) is 82.6 Å². The van der Waals surface area contributed by atoms with Crippen molar-refractivity contribution in [2.75, 3.05) is 26.7 Å². The van der Waals surface area contributed by atoms with Crippen LogP contribution in [0.2, 0.25) is 0 Å². The van der Waals surface area contributed by atoms with Crippen molar-refractivity contribution < 1.29 is 33.0 Å². The number of H-pyrrole nitrogens is 2. The second kappa shape index (κ2) is 16.3. The lowest BCUT2D eigenvalue weighted by atomic mass is 10.0. The van der Waals surface area contributed by atoms with Crippen LogP contribution in [0.3, 0.4) is 0 Å². The Morgan fingerprint density at radius 3 is 2.35 bits per heavy atom. The molecule has 63 heavy (non-hydrogen) atoms. The van der Waals surface area contributed by atoms with Gasteiger partial charge in [0.05, 0.1) is 76.2 Å². The summed E-state index contributed by atoms with van der Waals surface area (Å²) in [5.74, 6) is 1.12. The van der Waals surface area contributed by atoms with E-state index in [2.05, 4.69) is 25.6 Å². The lowest BCUT2D eigenvalue weighted by Gasteiger charge is -2.30. The van der Waals surface area contributed by atoms with Gasteiger partial charge in [-0.3, -0.25) is 19.0 Å². The van der Waals surface area contributed by atoms with E-state index in [0.717, 1.165) is 64.1 Å². The van der Waals surface area contributed by atoms with Crippen molar-refractivity contribution >= 4 is 46.6 Å². The number of methoxy groups -OCH3 is 1. The van der Waals surface area contributed by atoms with Gasteiger partial charge in [0.25, 0.3) is 0 Å². The molecule has 0 bridgehead atoms. The molecule has 0 radical (unpaired) electrons. The number of carbonyl (C=O) groups is 4. The number of imidazole rings is 2. The van der Waals surface area contributed by atoms with E-state index in [-0.39, 0.29) is 36.4 Å². The summed E-state index contributed by atoms with van der Waals surface area (Å²) in [6.45, 7) is 4.79. The summed E-state index contributed by atoms with van der Waals surface area (Å²) in [6, 6.07) is 10.1. The van der Waals surface area contributed by atoms with E-state index in [1.54, 1.807) is 33.5 Å². The molecule has 18 heteroatoms. The van der Waals surface area contributed by atoms with Gasteiger partial charge in [0, 0.05) is 41.7 Å². The second-order valence-electron chi connectivity index (χ2n) is 17.0. The predicted octanol–water partition coefficient (Wildman–Crippen LogP) is 6.95. The number of thiazole rings is 1. The fourth-order valence-corrected chi connectivity index (χ4v) is 10.4. The minimum Gasteiger partial charge on any atom is -0.464 e. The van der Waals surface area contributed by atoms with Gasteiger partial charge in [-0.25, -0.2) is 24.1 Å². The molecule has 4 N–H and O–H groups in total. The molecule has 6 aromatic rings. The van der Waals surface area contributed by atoms with Crippen molar-refractivity contribution in [1.29, 1.82) is 0 Å². The predicted molar refractivity (Wildman–Crippen MR) is 231 cm³/mol. The van der Waals surface area contributed by atoms with Gasteiger partial charge in [-0.2, -0.15) is 0 Å². The Hall–Kier alpha value is -6.56. The number of aromatic nitrogens is 6. The van der Waals surface area contributed by atoms with Gasteiger partial charge in [0.15, 0.2) is 0 Å². The average molecular weight is 875 g/mol. The van der Waals surface area contributed by atoms with Crippen LogP contribution in [0.15, 0.2) is 55.0 Å². The highest BCUT2D eigenvalue weighted by Crippen LogP contribution is 2.50. The van der Waals surface area contributed by atoms with E-state index in [9.17, 15) is 19.2 Å². The largest absolute Gasteiger partial charge is 0.464 e. The number of amides is 4. The molecular weight excluding hydrogens is 828 g/mol. The third kappa shape index (κ3) is 7.38. The highest BCUT2D eigenvalue weighted by Gasteiger charge is 2.39. The molecule has 1 saturated carbocycles. The molecule has 7 heterocycles. The Balaban J connectivity index is 0.977. The normalized spacial score (nSPS) is 19.8. The number of carbonyl (C=O) groups excluding carboxylic acids is 4. The number of benzene rings is 2. The molecule has 1 aliphatic carbocycles. The number of ether oxygens (including phenoxy) is 2. The number of alkyl carbamates (subject to hydrolysis) is 1. The third-order valence-electron chi connectivity index (χ3n) is 12.6. The van der Waals surface area contributed by atoms with Crippen LogP contribution in [0, 0.1) is 11.7 Å². The second-order valence-corrected chi connectivity index (χ2v) is 18.1. The van der Waals surface area contributed by atoms with Gasteiger partial charge in [0.1, 0.15) is 29.3 Å². The lowest BCUT2D eigenvalue weighted by molar-refractivity contribution is -0.135. The molecule has 3 aliphatic heterocycles. The molecule has 4 amide bonds. The Kier molecular flexibility index (Phi) is 10.5. The first-order valence-electron chi connectivity index (χ1n) is 21.4. The van der Waals surface area contributed by atoms with Crippen LogP contribution in [0.4, 0.5) is 9.18 Å². The fraction of sp³-hybridized carbons (Fsp3) is 0.400. The molecule has 10 rings (SSSR count). The zero-order valence-electron chi connectivity index (χ0n) is 35.0. The number of hydrogen-bond donors (Lipinski definition) is 4. The lowest BCUT2D eigenvalue weighted by Crippen LogP contribution is -2.51. The monoisotopic (exact) mass is 874 g/mol.